The van der Waals surface area contributed by atoms with E-state index in [0.717, 1.165) is 25.6 Å². The minimum absolute atomic E-state index is 0.748. The Balaban J connectivity index is 1.96. The van der Waals surface area contributed by atoms with Crippen molar-refractivity contribution in [2.45, 2.75) is 0 Å². The molecule has 2 heterocycles. The molecule has 1 N–H and O–H groups in total. The van der Waals surface area contributed by atoms with E-state index >= 15 is 0 Å². The molecule has 1 aromatic carbocycles. The summed E-state index contributed by atoms with van der Waals surface area (Å²) in [5.74, 6) is 0.748. The lowest BCUT2D eigenvalue weighted by atomic mass is 10.3. The van der Waals surface area contributed by atoms with Gasteiger partial charge in [0.2, 0.25) is 0 Å². The van der Waals surface area contributed by atoms with Gasteiger partial charge in [0.15, 0.2) is 5.13 Å². The molecule has 0 fully saturated rings. The van der Waals surface area contributed by atoms with Gasteiger partial charge in [0.25, 0.3) is 0 Å². The number of hydrogen-bond donors (Lipinski definition) is 1. The maximum Gasteiger partial charge on any atom is 0.189 e. The summed E-state index contributed by atoms with van der Waals surface area (Å²) in [5, 5.41) is 3.98. The lowest BCUT2D eigenvalue weighted by Gasteiger charge is -1.98. The molecule has 0 aliphatic rings. The van der Waals surface area contributed by atoms with Crippen LogP contribution in [0.5, 0.6) is 0 Å². The lowest BCUT2D eigenvalue weighted by molar-refractivity contribution is 1.16. The molecule has 0 atom stereocenters. The van der Waals surface area contributed by atoms with Gasteiger partial charge in [-0.2, -0.15) is 0 Å². The summed E-state index contributed by atoms with van der Waals surface area (Å²) >= 11 is 5.04. The minimum atomic E-state index is 0.748. The number of nitrogens with one attached hydrogen (secondary N) is 1. The zero-order valence-electron chi connectivity index (χ0n) is 8.59. The van der Waals surface area contributed by atoms with Crippen LogP contribution in [0.4, 0.5) is 10.9 Å². The van der Waals surface area contributed by atoms with E-state index in [-0.39, 0.29) is 0 Å². The molecule has 0 radical (unpaired) electrons. The van der Waals surface area contributed by atoms with Crippen LogP contribution in [0.25, 0.3) is 10.2 Å². The summed E-state index contributed by atoms with van der Waals surface area (Å²) in [6, 6.07) is 7.83. The third-order valence-electron chi connectivity index (χ3n) is 2.17. The SMILES string of the molecule is Brc1ccc2nc(Nc3ccncn3)sc2c1. The van der Waals surface area contributed by atoms with Crippen LogP contribution in [0.2, 0.25) is 0 Å². The number of benzene rings is 1. The predicted octanol–water partition coefficient (Wildman–Crippen LogP) is 3.59. The van der Waals surface area contributed by atoms with Crippen molar-refractivity contribution in [1.82, 2.24) is 15.0 Å². The number of nitrogens with zero attached hydrogens (tertiary/aromatic N) is 3. The third-order valence-corrected chi connectivity index (χ3v) is 3.59. The Kier molecular flexibility index (Phi) is 2.74. The number of aromatic nitrogens is 3. The molecule has 0 aliphatic carbocycles. The van der Waals surface area contributed by atoms with E-state index in [9.17, 15) is 0 Å². The highest BCUT2D eigenvalue weighted by atomic mass is 79.9. The van der Waals surface area contributed by atoms with Gasteiger partial charge in [-0.1, -0.05) is 27.3 Å². The van der Waals surface area contributed by atoms with Gasteiger partial charge in [-0.25, -0.2) is 15.0 Å². The van der Waals surface area contributed by atoms with E-state index in [1.165, 1.54) is 6.33 Å². The molecule has 0 saturated heterocycles. The van der Waals surface area contributed by atoms with Crippen LogP contribution in [-0.2, 0) is 0 Å². The Morgan fingerprint density at radius 3 is 3.00 bits per heavy atom. The van der Waals surface area contributed by atoms with E-state index in [4.69, 9.17) is 0 Å². The van der Waals surface area contributed by atoms with Crippen LogP contribution in [0.3, 0.4) is 0 Å². The first-order chi connectivity index (χ1) is 8.31. The molecule has 84 valence electrons. The third kappa shape index (κ3) is 2.27. The monoisotopic (exact) mass is 306 g/mol. The van der Waals surface area contributed by atoms with Crippen molar-refractivity contribution in [2.75, 3.05) is 5.32 Å². The summed E-state index contributed by atoms with van der Waals surface area (Å²) in [6.07, 6.45) is 3.20. The quantitative estimate of drug-likeness (QED) is 0.786. The zero-order valence-corrected chi connectivity index (χ0v) is 11.0. The van der Waals surface area contributed by atoms with Crippen molar-refractivity contribution in [2.24, 2.45) is 0 Å². The molecular formula is C11H7BrN4S. The first-order valence-corrected chi connectivity index (χ1v) is 6.51. The van der Waals surface area contributed by atoms with Gasteiger partial charge < -0.3 is 5.32 Å². The van der Waals surface area contributed by atoms with E-state index in [0.29, 0.717) is 0 Å². The average Bonchev–Trinajstić information content (AvgIpc) is 2.71. The van der Waals surface area contributed by atoms with Crippen LogP contribution in [0.1, 0.15) is 0 Å². The summed E-state index contributed by atoms with van der Waals surface area (Å²) in [5.41, 5.74) is 0.981. The molecule has 4 nitrogen and oxygen atoms in total. The second-order valence-corrected chi connectivity index (χ2v) is 5.30. The van der Waals surface area contributed by atoms with Crippen molar-refractivity contribution in [3.05, 3.63) is 41.3 Å². The van der Waals surface area contributed by atoms with Crippen LogP contribution in [0.15, 0.2) is 41.3 Å². The predicted molar refractivity (Wildman–Crippen MR) is 72.6 cm³/mol. The van der Waals surface area contributed by atoms with Crippen molar-refractivity contribution < 1.29 is 0 Å². The van der Waals surface area contributed by atoms with Crippen LogP contribution in [0, 0.1) is 0 Å². The number of thiazole rings is 1. The van der Waals surface area contributed by atoms with Gasteiger partial charge in [-0.15, -0.1) is 0 Å². The smallest absolute Gasteiger partial charge is 0.189 e. The molecule has 0 spiro atoms. The van der Waals surface area contributed by atoms with Gasteiger partial charge in [-0.05, 0) is 24.3 Å². The van der Waals surface area contributed by atoms with Gasteiger partial charge in [0.1, 0.15) is 12.1 Å². The van der Waals surface area contributed by atoms with Gasteiger partial charge in [-0.3, -0.25) is 0 Å². The molecule has 0 saturated carbocycles. The van der Waals surface area contributed by atoms with Crippen molar-refractivity contribution >= 4 is 48.4 Å². The molecule has 3 rings (SSSR count). The first kappa shape index (κ1) is 10.6. The van der Waals surface area contributed by atoms with Crippen molar-refractivity contribution in [3.8, 4) is 0 Å². The standard InChI is InChI=1S/C11H7BrN4S/c12-7-1-2-8-9(5-7)17-11(15-8)16-10-3-4-13-6-14-10/h1-6H,(H,13,14,15,16). The largest absolute Gasteiger partial charge is 0.316 e. The number of fused-ring (bicyclic) bond motifs is 1. The number of rotatable bonds is 2. The van der Waals surface area contributed by atoms with Gasteiger partial charge in [0, 0.05) is 10.7 Å². The maximum absolute atomic E-state index is 4.48. The molecule has 0 aliphatic heterocycles. The molecule has 17 heavy (non-hydrogen) atoms. The highest BCUT2D eigenvalue weighted by Crippen LogP contribution is 2.29. The maximum atomic E-state index is 4.48. The highest BCUT2D eigenvalue weighted by Gasteiger charge is 2.04. The van der Waals surface area contributed by atoms with E-state index in [2.05, 4.69) is 42.3 Å². The number of anilines is 2. The van der Waals surface area contributed by atoms with Crippen molar-refractivity contribution in [3.63, 3.8) is 0 Å². The second-order valence-electron chi connectivity index (χ2n) is 3.35. The summed E-state index contributed by atoms with van der Waals surface area (Å²) < 4.78 is 2.19. The lowest BCUT2D eigenvalue weighted by Crippen LogP contribution is -1.91. The molecule has 0 amide bonds. The number of hydrogen-bond acceptors (Lipinski definition) is 5. The average molecular weight is 307 g/mol. The van der Waals surface area contributed by atoms with Crippen LogP contribution < -0.4 is 5.32 Å². The number of halogens is 1. The van der Waals surface area contributed by atoms with E-state index in [1.807, 2.05) is 18.2 Å². The van der Waals surface area contributed by atoms with Gasteiger partial charge >= 0.3 is 0 Å². The molecular weight excluding hydrogens is 300 g/mol. The fourth-order valence-electron chi connectivity index (χ4n) is 1.43. The van der Waals surface area contributed by atoms with Gasteiger partial charge in [0.05, 0.1) is 10.2 Å². The molecule has 6 heteroatoms. The Bertz CT molecular complexity index is 653. The summed E-state index contributed by atoms with van der Waals surface area (Å²) in [4.78, 5) is 12.4. The Hall–Kier alpha value is -1.53. The summed E-state index contributed by atoms with van der Waals surface area (Å²) in [7, 11) is 0. The Labute approximate surface area is 110 Å². The fraction of sp³-hybridized carbons (Fsp3) is 0. The first-order valence-electron chi connectivity index (χ1n) is 4.90. The molecule has 2 aromatic heterocycles. The fourth-order valence-corrected chi connectivity index (χ4v) is 2.85. The van der Waals surface area contributed by atoms with Crippen LogP contribution >= 0.6 is 27.3 Å². The Morgan fingerprint density at radius 1 is 1.24 bits per heavy atom. The summed E-state index contributed by atoms with van der Waals surface area (Å²) in [6.45, 7) is 0. The highest BCUT2D eigenvalue weighted by molar-refractivity contribution is 9.10. The van der Waals surface area contributed by atoms with E-state index in [1.54, 1.807) is 17.5 Å². The van der Waals surface area contributed by atoms with Crippen LogP contribution in [-0.4, -0.2) is 15.0 Å². The molecule has 0 bridgehead atoms. The zero-order chi connectivity index (χ0) is 11.7. The molecule has 3 aromatic rings. The normalized spacial score (nSPS) is 10.6. The van der Waals surface area contributed by atoms with E-state index < -0.39 is 0 Å². The Morgan fingerprint density at radius 2 is 2.18 bits per heavy atom. The van der Waals surface area contributed by atoms with Crippen molar-refractivity contribution in [1.29, 1.82) is 0 Å². The topological polar surface area (TPSA) is 50.7 Å². The minimum Gasteiger partial charge on any atom is -0.316 e. The second kappa shape index (κ2) is 4.38. The molecule has 0 unspecified atom stereocenters.